The molecule has 8 nitrogen and oxygen atoms in total. The summed E-state index contributed by atoms with van der Waals surface area (Å²) in [4.78, 5) is 27.1. The van der Waals surface area contributed by atoms with E-state index in [4.69, 9.17) is 9.47 Å². The van der Waals surface area contributed by atoms with Crippen molar-refractivity contribution in [2.24, 2.45) is 5.92 Å². The zero-order chi connectivity index (χ0) is 26.3. The fourth-order valence-electron chi connectivity index (χ4n) is 4.03. The summed E-state index contributed by atoms with van der Waals surface area (Å²) in [5.41, 5.74) is 1.97. The maximum Gasteiger partial charge on any atom is 0.410 e. The molecule has 0 aliphatic carbocycles. The standard InChI is InChI=1S/C27H27BrN2O6S/c28-24-10-5-11-25(16-24)37(33,34)29-26(31)23-9-4-8-21(15-23)14-22-17-30(12-13-35-18-22)27(32)36-19-20-6-2-1-3-7-20/h1-11,15-16,22H,12-14,17-19H2,(H,29,31). The molecule has 4 rings (SSSR count). The second-order valence-electron chi connectivity index (χ2n) is 8.72. The smallest absolute Gasteiger partial charge is 0.410 e. The Bertz CT molecular complexity index is 1350. The lowest BCUT2D eigenvalue weighted by Gasteiger charge is -2.23. The molecule has 1 aliphatic rings. The van der Waals surface area contributed by atoms with Gasteiger partial charge in [-0.2, -0.15) is 0 Å². The number of nitrogens with one attached hydrogen (secondary N) is 1. The van der Waals surface area contributed by atoms with Crippen molar-refractivity contribution >= 4 is 38.0 Å². The predicted molar refractivity (Wildman–Crippen MR) is 141 cm³/mol. The normalized spacial score (nSPS) is 16.0. The van der Waals surface area contributed by atoms with Crippen LogP contribution < -0.4 is 4.72 Å². The van der Waals surface area contributed by atoms with E-state index in [1.165, 1.54) is 12.1 Å². The highest BCUT2D eigenvalue weighted by atomic mass is 79.9. The number of sulfonamides is 1. The molecule has 0 aromatic heterocycles. The Morgan fingerprint density at radius 1 is 1.00 bits per heavy atom. The largest absolute Gasteiger partial charge is 0.445 e. The number of hydrogen-bond acceptors (Lipinski definition) is 6. The van der Waals surface area contributed by atoms with Crippen LogP contribution in [0.25, 0.3) is 0 Å². The lowest BCUT2D eigenvalue weighted by molar-refractivity contribution is 0.0914. The topological polar surface area (TPSA) is 102 Å². The Kier molecular flexibility index (Phi) is 8.96. The van der Waals surface area contributed by atoms with Crippen LogP contribution in [0.4, 0.5) is 4.79 Å². The van der Waals surface area contributed by atoms with Crippen LogP contribution in [-0.2, 0) is 32.5 Å². The van der Waals surface area contributed by atoms with E-state index in [0.29, 0.717) is 37.2 Å². The lowest BCUT2D eigenvalue weighted by atomic mass is 9.98. The summed E-state index contributed by atoms with van der Waals surface area (Å²) < 4.78 is 39.2. The van der Waals surface area contributed by atoms with Crippen molar-refractivity contribution in [1.29, 1.82) is 0 Å². The number of rotatable bonds is 7. The molecule has 0 saturated carbocycles. The van der Waals surface area contributed by atoms with Crippen LogP contribution in [0, 0.1) is 5.92 Å². The Morgan fingerprint density at radius 2 is 1.76 bits per heavy atom. The lowest BCUT2D eigenvalue weighted by Crippen LogP contribution is -2.36. The van der Waals surface area contributed by atoms with Crippen molar-refractivity contribution in [3.05, 3.63) is 100 Å². The Hall–Kier alpha value is -3.21. The number of hydrogen-bond donors (Lipinski definition) is 1. The number of carbonyl (C=O) groups excluding carboxylic acids is 2. The molecule has 1 atom stereocenters. The number of halogens is 1. The average molecular weight is 587 g/mol. The SMILES string of the molecule is O=C(NS(=O)(=O)c1cccc(Br)c1)c1cccc(CC2COCCN(C(=O)OCc3ccccc3)C2)c1. The van der Waals surface area contributed by atoms with Gasteiger partial charge in [0.1, 0.15) is 6.61 Å². The van der Waals surface area contributed by atoms with Gasteiger partial charge in [-0.1, -0.05) is 64.5 Å². The van der Waals surface area contributed by atoms with Crippen LogP contribution in [0.5, 0.6) is 0 Å². The van der Waals surface area contributed by atoms with Gasteiger partial charge in [-0.05, 0) is 47.9 Å². The first-order valence-corrected chi connectivity index (χ1v) is 14.0. The van der Waals surface area contributed by atoms with Gasteiger partial charge in [0.25, 0.3) is 15.9 Å². The molecule has 10 heteroatoms. The summed E-state index contributed by atoms with van der Waals surface area (Å²) in [6.07, 6.45) is 0.146. The van der Waals surface area contributed by atoms with E-state index in [0.717, 1.165) is 11.1 Å². The molecule has 0 bridgehead atoms. The molecule has 0 spiro atoms. The van der Waals surface area contributed by atoms with Crippen molar-refractivity contribution in [2.75, 3.05) is 26.3 Å². The maximum atomic E-state index is 12.8. The highest BCUT2D eigenvalue weighted by molar-refractivity contribution is 9.10. The quantitative estimate of drug-likeness (QED) is 0.440. The minimum absolute atomic E-state index is 0.0128. The molecule has 1 unspecified atom stereocenters. The second kappa shape index (κ2) is 12.4. The summed E-state index contributed by atoms with van der Waals surface area (Å²) in [6, 6.07) is 22.4. The van der Waals surface area contributed by atoms with Crippen LogP contribution in [0.15, 0.2) is 88.2 Å². The maximum absolute atomic E-state index is 12.8. The summed E-state index contributed by atoms with van der Waals surface area (Å²) in [7, 11) is -4.03. The van der Waals surface area contributed by atoms with Crippen LogP contribution >= 0.6 is 15.9 Å². The first-order valence-electron chi connectivity index (χ1n) is 11.8. The number of amides is 2. The molecule has 1 aliphatic heterocycles. The number of nitrogens with zero attached hydrogens (tertiary/aromatic N) is 1. The molecule has 194 valence electrons. The minimum atomic E-state index is -4.03. The average Bonchev–Trinajstić information content (AvgIpc) is 3.13. The van der Waals surface area contributed by atoms with Crippen molar-refractivity contribution in [1.82, 2.24) is 9.62 Å². The van der Waals surface area contributed by atoms with Crippen molar-refractivity contribution in [3.8, 4) is 0 Å². The second-order valence-corrected chi connectivity index (χ2v) is 11.3. The molecule has 0 radical (unpaired) electrons. The third-order valence-corrected chi connectivity index (χ3v) is 7.67. The van der Waals surface area contributed by atoms with Crippen LogP contribution in [0.2, 0.25) is 0 Å². The van der Waals surface area contributed by atoms with Gasteiger partial charge in [-0.3, -0.25) is 4.79 Å². The van der Waals surface area contributed by atoms with E-state index in [9.17, 15) is 18.0 Å². The Labute approximate surface area is 224 Å². The van der Waals surface area contributed by atoms with Gasteiger partial charge in [0, 0.05) is 29.0 Å². The summed E-state index contributed by atoms with van der Waals surface area (Å²) in [5.74, 6) is -0.736. The van der Waals surface area contributed by atoms with E-state index in [-0.39, 0.29) is 23.0 Å². The van der Waals surface area contributed by atoms with Crippen molar-refractivity contribution in [3.63, 3.8) is 0 Å². The fourth-order valence-corrected chi connectivity index (χ4v) is 5.60. The molecule has 3 aromatic carbocycles. The highest BCUT2D eigenvalue weighted by Crippen LogP contribution is 2.19. The minimum Gasteiger partial charge on any atom is -0.445 e. The molecular weight excluding hydrogens is 560 g/mol. The van der Waals surface area contributed by atoms with Crippen molar-refractivity contribution in [2.45, 2.75) is 17.9 Å². The molecule has 1 saturated heterocycles. The molecule has 1 fully saturated rings. The number of ether oxygens (including phenoxy) is 2. The Balaban J connectivity index is 1.38. The predicted octanol–water partition coefficient (Wildman–Crippen LogP) is 4.40. The van der Waals surface area contributed by atoms with E-state index in [1.807, 2.05) is 36.4 Å². The van der Waals surface area contributed by atoms with E-state index in [1.54, 1.807) is 35.2 Å². The van der Waals surface area contributed by atoms with Crippen molar-refractivity contribution < 1.29 is 27.5 Å². The third-order valence-electron chi connectivity index (χ3n) is 5.85. The summed E-state index contributed by atoms with van der Waals surface area (Å²) in [5, 5.41) is 0. The van der Waals surface area contributed by atoms with Gasteiger partial charge in [0.2, 0.25) is 0 Å². The van der Waals surface area contributed by atoms with Crippen LogP contribution in [-0.4, -0.2) is 51.6 Å². The van der Waals surface area contributed by atoms with E-state index >= 15 is 0 Å². The van der Waals surface area contributed by atoms with Gasteiger partial charge in [-0.15, -0.1) is 0 Å². The highest BCUT2D eigenvalue weighted by Gasteiger charge is 2.25. The summed E-state index contributed by atoms with van der Waals surface area (Å²) in [6.45, 7) is 1.94. The number of carbonyl (C=O) groups is 2. The molecule has 37 heavy (non-hydrogen) atoms. The van der Waals surface area contributed by atoms with Gasteiger partial charge in [0.15, 0.2) is 0 Å². The van der Waals surface area contributed by atoms with Gasteiger partial charge in [-0.25, -0.2) is 17.9 Å². The Morgan fingerprint density at radius 3 is 2.54 bits per heavy atom. The number of benzene rings is 3. The molecule has 2 amide bonds. The third kappa shape index (κ3) is 7.64. The molecule has 1 heterocycles. The van der Waals surface area contributed by atoms with Crippen LogP contribution in [0.3, 0.4) is 0 Å². The van der Waals surface area contributed by atoms with Gasteiger partial charge in [0.05, 0.1) is 18.1 Å². The van der Waals surface area contributed by atoms with E-state index < -0.39 is 22.0 Å². The van der Waals surface area contributed by atoms with Gasteiger partial charge >= 0.3 is 6.09 Å². The molecular formula is C27H27BrN2O6S. The fraction of sp³-hybridized carbons (Fsp3) is 0.259. The van der Waals surface area contributed by atoms with E-state index in [2.05, 4.69) is 20.7 Å². The van der Waals surface area contributed by atoms with Crippen LogP contribution in [0.1, 0.15) is 21.5 Å². The summed E-state index contributed by atoms with van der Waals surface area (Å²) >= 11 is 3.24. The monoisotopic (exact) mass is 586 g/mol. The molecule has 1 N–H and O–H groups in total. The molecule has 3 aromatic rings. The zero-order valence-corrected chi connectivity index (χ0v) is 22.4. The zero-order valence-electron chi connectivity index (χ0n) is 20.0. The first kappa shape index (κ1) is 26.8. The first-order chi connectivity index (χ1) is 17.8. The van der Waals surface area contributed by atoms with Gasteiger partial charge < -0.3 is 14.4 Å².